The molecule has 0 spiro atoms. The van der Waals surface area contributed by atoms with Gasteiger partial charge in [-0.05, 0) is 51.1 Å². The van der Waals surface area contributed by atoms with Crippen molar-refractivity contribution in [1.29, 1.82) is 0 Å². The van der Waals surface area contributed by atoms with Crippen molar-refractivity contribution in [3.63, 3.8) is 0 Å². The lowest BCUT2D eigenvalue weighted by Gasteiger charge is -2.38. The van der Waals surface area contributed by atoms with Crippen LogP contribution in [0.1, 0.15) is 38.2 Å². The molecule has 0 radical (unpaired) electrons. The maximum absolute atomic E-state index is 12.6. The molecule has 2 saturated heterocycles. The Bertz CT molecular complexity index is 525. The van der Waals surface area contributed by atoms with Gasteiger partial charge in [-0.2, -0.15) is 0 Å². The number of carbonyl (C=O) groups is 1. The largest absolute Gasteiger partial charge is 0.339 e. The SMILES string of the molecule is CC1CCCCN1C(=O)CN1CCN(CCCc2ccccc2)CC1. The van der Waals surface area contributed by atoms with E-state index in [1.165, 1.54) is 37.8 Å². The van der Waals surface area contributed by atoms with Gasteiger partial charge in [0, 0.05) is 38.8 Å². The van der Waals surface area contributed by atoms with Gasteiger partial charge in [0.2, 0.25) is 5.91 Å². The number of piperidine rings is 1. The summed E-state index contributed by atoms with van der Waals surface area (Å²) in [4.78, 5) is 19.6. The van der Waals surface area contributed by atoms with Gasteiger partial charge in [-0.3, -0.25) is 9.69 Å². The van der Waals surface area contributed by atoms with E-state index in [9.17, 15) is 4.79 Å². The number of nitrogens with zero attached hydrogens (tertiary/aromatic N) is 3. The van der Waals surface area contributed by atoms with E-state index in [1.54, 1.807) is 0 Å². The third kappa shape index (κ3) is 5.55. The molecule has 4 heteroatoms. The predicted octanol–water partition coefficient (Wildman–Crippen LogP) is 2.64. The minimum atomic E-state index is 0.338. The summed E-state index contributed by atoms with van der Waals surface area (Å²) in [6.07, 6.45) is 5.99. The monoisotopic (exact) mass is 343 g/mol. The van der Waals surface area contributed by atoms with Crippen LogP contribution in [0.3, 0.4) is 0 Å². The lowest BCUT2D eigenvalue weighted by molar-refractivity contribution is -0.136. The number of hydrogen-bond acceptors (Lipinski definition) is 3. The number of rotatable bonds is 6. The molecule has 1 aromatic carbocycles. The summed E-state index contributed by atoms with van der Waals surface area (Å²) in [6, 6.07) is 11.2. The Morgan fingerprint density at radius 1 is 1.00 bits per heavy atom. The summed E-state index contributed by atoms with van der Waals surface area (Å²) in [5.41, 5.74) is 1.43. The molecule has 4 nitrogen and oxygen atoms in total. The molecule has 1 unspecified atom stereocenters. The van der Waals surface area contributed by atoms with Crippen LogP contribution >= 0.6 is 0 Å². The lowest BCUT2D eigenvalue weighted by Crippen LogP contribution is -2.52. The van der Waals surface area contributed by atoms with Crippen LogP contribution in [0.4, 0.5) is 0 Å². The van der Waals surface area contributed by atoms with E-state index in [0.29, 0.717) is 18.5 Å². The molecule has 1 amide bonds. The van der Waals surface area contributed by atoms with E-state index in [4.69, 9.17) is 0 Å². The highest BCUT2D eigenvalue weighted by Gasteiger charge is 2.26. The van der Waals surface area contributed by atoms with Crippen LogP contribution < -0.4 is 0 Å². The van der Waals surface area contributed by atoms with E-state index in [2.05, 4.69) is 52.0 Å². The number of amides is 1. The van der Waals surface area contributed by atoms with E-state index >= 15 is 0 Å². The smallest absolute Gasteiger partial charge is 0.236 e. The van der Waals surface area contributed by atoms with Gasteiger partial charge in [-0.15, -0.1) is 0 Å². The van der Waals surface area contributed by atoms with Crippen LogP contribution in [0.25, 0.3) is 0 Å². The molecule has 25 heavy (non-hydrogen) atoms. The summed E-state index contributed by atoms with van der Waals surface area (Å²) in [5, 5.41) is 0. The molecular formula is C21H33N3O. The maximum atomic E-state index is 12.6. The van der Waals surface area contributed by atoms with Crippen LogP contribution in [-0.4, -0.2) is 72.5 Å². The third-order valence-electron chi connectivity index (χ3n) is 5.73. The summed E-state index contributed by atoms with van der Waals surface area (Å²) in [6.45, 7) is 9.18. The van der Waals surface area contributed by atoms with E-state index in [1.807, 2.05) is 0 Å². The Morgan fingerprint density at radius 2 is 1.72 bits per heavy atom. The van der Waals surface area contributed by atoms with Gasteiger partial charge in [0.15, 0.2) is 0 Å². The van der Waals surface area contributed by atoms with Crippen molar-refractivity contribution in [3.8, 4) is 0 Å². The standard InChI is InChI=1S/C21H33N3O/c1-19-8-5-6-13-24(19)21(25)18-23-16-14-22(15-17-23)12-7-11-20-9-3-2-4-10-20/h2-4,9-10,19H,5-8,11-18H2,1H3. The van der Waals surface area contributed by atoms with Gasteiger partial charge >= 0.3 is 0 Å². The Balaban J connectivity index is 1.33. The molecule has 2 aliphatic rings. The van der Waals surface area contributed by atoms with E-state index in [0.717, 1.165) is 39.1 Å². The van der Waals surface area contributed by atoms with Crippen molar-refractivity contribution in [2.24, 2.45) is 0 Å². The molecular weight excluding hydrogens is 310 g/mol. The third-order valence-corrected chi connectivity index (χ3v) is 5.73. The highest BCUT2D eigenvalue weighted by atomic mass is 16.2. The molecule has 0 aromatic heterocycles. The number of aryl methyl sites for hydroxylation is 1. The number of likely N-dealkylation sites (tertiary alicyclic amines) is 1. The maximum Gasteiger partial charge on any atom is 0.236 e. The van der Waals surface area contributed by atoms with Gasteiger partial charge in [-0.1, -0.05) is 30.3 Å². The number of carbonyl (C=O) groups excluding carboxylic acids is 1. The second-order valence-corrected chi connectivity index (χ2v) is 7.64. The number of hydrogen-bond donors (Lipinski definition) is 0. The predicted molar refractivity (Wildman–Crippen MR) is 103 cm³/mol. The van der Waals surface area contributed by atoms with Crippen molar-refractivity contribution >= 4 is 5.91 Å². The fraction of sp³-hybridized carbons (Fsp3) is 0.667. The Hall–Kier alpha value is -1.39. The highest BCUT2D eigenvalue weighted by Crippen LogP contribution is 2.17. The van der Waals surface area contributed by atoms with Crippen LogP contribution in [0.5, 0.6) is 0 Å². The molecule has 0 bridgehead atoms. The first-order chi connectivity index (χ1) is 12.2. The van der Waals surface area contributed by atoms with Crippen molar-refractivity contribution in [1.82, 2.24) is 14.7 Å². The van der Waals surface area contributed by atoms with Gasteiger partial charge < -0.3 is 9.80 Å². The van der Waals surface area contributed by atoms with Gasteiger partial charge in [-0.25, -0.2) is 0 Å². The van der Waals surface area contributed by atoms with Crippen molar-refractivity contribution in [3.05, 3.63) is 35.9 Å². The zero-order chi connectivity index (χ0) is 17.5. The summed E-state index contributed by atoms with van der Waals surface area (Å²) >= 11 is 0. The fourth-order valence-electron chi connectivity index (χ4n) is 4.07. The summed E-state index contributed by atoms with van der Waals surface area (Å²) < 4.78 is 0. The molecule has 1 aromatic rings. The molecule has 2 aliphatic heterocycles. The normalized spacial score (nSPS) is 22.9. The molecule has 0 N–H and O–H groups in total. The van der Waals surface area contributed by atoms with Crippen molar-refractivity contribution in [2.75, 3.05) is 45.8 Å². The quantitative estimate of drug-likeness (QED) is 0.794. The summed E-state index contributed by atoms with van der Waals surface area (Å²) in [5.74, 6) is 0.338. The van der Waals surface area contributed by atoms with Crippen molar-refractivity contribution < 1.29 is 4.79 Å². The minimum Gasteiger partial charge on any atom is -0.339 e. The van der Waals surface area contributed by atoms with Crippen LogP contribution in [0.2, 0.25) is 0 Å². The fourth-order valence-corrected chi connectivity index (χ4v) is 4.07. The van der Waals surface area contributed by atoms with Crippen LogP contribution in [-0.2, 0) is 11.2 Å². The zero-order valence-electron chi connectivity index (χ0n) is 15.7. The minimum absolute atomic E-state index is 0.338. The Kier molecular flexibility index (Phi) is 6.88. The van der Waals surface area contributed by atoms with Gasteiger partial charge in [0.1, 0.15) is 0 Å². The average molecular weight is 344 g/mol. The van der Waals surface area contributed by atoms with Crippen molar-refractivity contribution in [2.45, 2.75) is 45.1 Å². The van der Waals surface area contributed by atoms with E-state index in [-0.39, 0.29) is 0 Å². The molecule has 2 heterocycles. The molecule has 138 valence electrons. The molecule has 3 rings (SSSR count). The zero-order valence-corrected chi connectivity index (χ0v) is 15.7. The topological polar surface area (TPSA) is 26.8 Å². The molecule has 2 fully saturated rings. The highest BCUT2D eigenvalue weighted by molar-refractivity contribution is 5.78. The van der Waals surface area contributed by atoms with E-state index < -0.39 is 0 Å². The second-order valence-electron chi connectivity index (χ2n) is 7.64. The van der Waals surface area contributed by atoms with Gasteiger partial charge in [0.05, 0.1) is 6.54 Å². The number of piperazine rings is 1. The second kappa shape index (κ2) is 9.35. The molecule has 1 atom stereocenters. The summed E-state index contributed by atoms with van der Waals surface area (Å²) in [7, 11) is 0. The molecule has 0 saturated carbocycles. The Labute approximate surface area is 152 Å². The Morgan fingerprint density at radius 3 is 2.44 bits per heavy atom. The first-order valence-electron chi connectivity index (χ1n) is 10.0. The number of benzene rings is 1. The first-order valence-corrected chi connectivity index (χ1v) is 10.0. The van der Waals surface area contributed by atoms with Gasteiger partial charge in [0.25, 0.3) is 0 Å². The average Bonchev–Trinajstić information content (AvgIpc) is 2.64. The first kappa shape index (κ1) is 18.4. The lowest BCUT2D eigenvalue weighted by atomic mass is 10.0. The molecule has 0 aliphatic carbocycles. The van der Waals surface area contributed by atoms with Crippen LogP contribution in [0.15, 0.2) is 30.3 Å². The van der Waals surface area contributed by atoms with Crippen LogP contribution in [0, 0.1) is 0 Å².